The molecule has 0 aliphatic carbocycles. The molecule has 2 heterocycles. The van der Waals surface area contributed by atoms with Crippen LogP contribution < -0.4 is 0 Å². The first kappa shape index (κ1) is 8.97. The Morgan fingerprint density at radius 1 is 1.46 bits per heavy atom. The Hall–Kier alpha value is -0.610. The van der Waals surface area contributed by atoms with Crippen molar-refractivity contribution in [3.63, 3.8) is 0 Å². The fourth-order valence-corrected chi connectivity index (χ4v) is 2.27. The summed E-state index contributed by atoms with van der Waals surface area (Å²) < 4.78 is 6.33. The molecular weight excluding hydrogens is 250 g/mol. The fourth-order valence-electron chi connectivity index (χ4n) is 1.26. The van der Waals surface area contributed by atoms with Crippen LogP contribution in [0.25, 0.3) is 11.3 Å². The molecule has 0 saturated carbocycles. The average molecular weight is 258 g/mol. The summed E-state index contributed by atoms with van der Waals surface area (Å²) in [5.74, 6) is 1.85. The van der Waals surface area contributed by atoms with Crippen molar-refractivity contribution >= 4 is 27.3 Å². The van der Waals surface area contributed by atoms with Crippen molar-refractivity contribution in [3.05, 3.63) is 26.9 Å². The summed E-state index contributed by atoms with van der Waals surface area (Å²) in [5, 5.41) is 2.02. The predicted molar refractivity (Wildman–Crippen MR) is 57.0 cm³/mol. The van der Waals surface area contributed by atoms with Gasteiger partial charge in [-0.25, -0.2) is 4.98 Å². The first-order chi connectivity index (χ1) is 6.16. The number of rotatable bonds is 1. The van der Waals surface area contributed by atoms with Gasteiger partial charge in [0.2, 0.25) is 0 Å². The van der Waals surface area contributed by atoms with E-state index in [0.717, 1.165) is 26.7 Å². The van der Waals surface area contributed by atoms with Gasteiger partial charge in [-0.2, -0.15) is 0 Å². The van der Waals surface area contributed by atoms with E-state index in [1.54, 1.807) is 11.3 Å². The molecule has 13 heavy (non-hydrogen) atoms. The van der Waals surface area contributed by atoms with Crippen molar-refractivity contribution in [2.75, 3.05) is 0 Å². The van der Waals surface area contributed by atoms with E-state index in [1.807, 2.05) is 25.3 Å². The molecule has 0 bridgehead atoms. The average Bonchev–Trinajstić information content (AvgIpc) is 2.58. The van der Waals surface area contributed by atoms with Gasteiger partial charge < -0.3 is 4.42 Å². The third-order valence-electron chi connectivity index (χ3n) is 1.79. The summed E-state index contributed by atoms with van der Waals surface area (Å²) in [6.07, 6.45) is 0. The van der Waals surface area contributed by atoms with Crippen molar-refractivity contribution in [2.24, 2.45) is 0 Å². The summed E-state index contributed by atoms with van der Waals surface area (Å²) in [6, 6.07) is 2.01. The van der Waals surface area contributed by atoms with Gasteiger partial charge in [0.25, 0.3) is 0 Å². The molecule has 0 spiro atoms. The zero-order chi connectivity index (χ0) is 9.42. The quantitative estimate of drug-likeness (QED) is 0.777. The van der Waals surface area contributed by atoms with Crippen LogP contribution in [0.2, 0.25) is 0 Å². The number of aryl methyl sites for hydroxylation is 2. The van der Waals surface area contributed by atoms with Crippen LogP contribution in [-0.4, -0.2) is 4.98 Å². The Bertz CT molecular complexity index is 433. The summed E-state index contributed by atoms with van der Waals surface area (Å²) >= 11 is 4.92. The molecular formula is C9H8BrNOS. The maximum Gasteiger partial charge on any atom is 0.159 e. The lowest BCUT2D eigenvalue weighted by Crippen LogP contribution is -1.75. The third kappa shape index (κ3) is 1.69. The van der Waals surface area contributed by atoms with Crippen molar-refractivity contribution in [3.8, 4) is 11.3 Å². The van der Waals surface area contributed by atoms with Crippen LogP contribution in [0.1, 0.15) is 11.5 Å². The summed E-state index contributed by atoms with van der Waals surface area (Å²) in [6.45, 7) is 3.90. The maximum atomic E-state index is 5.43. The number of hydrogen-bond donors (Lipinski definition) is 0. The molecule has 0 aromatic carbocycles. The van der Waals surface area contributed by atoms with E-state index in [-0.39, 0.29) is 0 Å². The van der Waals surface area contributed by atoms with Gasteiger partial charge in [-0.3, -0.25) is 0 Å². The number of furan rings is 1. The Morgan fingerprint density at radius 2 is 2.23 bits per heavy atom. The molecule has 0 saturated heterocycles. The van der Waals surface area contributed by atoms with Crippen molar-refractivity contribution in [1.82, 2.24) is 4.98 Å². The molecule has 4 heteroatoms. The van der Waals surface area contributed by atoms with E-state index < -0.39 is 0 Å². The van der Waals surface area contributed by atoms with Crippen LogP contribution >= 0.6 is 27.3 Å². The topological polar surface area (TPSA) is 26.0 Å². The van der Waals surface area contributed by atoms with Gasteiger partial charge in [-0.1, -0.05) is 0 Å². The first-order valence-corrected chi connectivity index (χ1v) is 5.52. The summed E-state index contributed by atoms with van der Waals surface area (Å²) in [5.41, 5.74) is 2.06. The number of halogens is 1. The number of thiazole rings is 1. The highest BCUT2D eigenvalue weighted by Crippen LogP contribution is 2.29. The molecule has 0 N–H and O–H groups in total. The van der Waals surface area contributed by atoms with Gasteiger partial charge >= 0.3 is 0 Å². The highest BCUT2D eigenvalue weighted by atomic mass is 79.9. The maximum absolute atomic E-state index is 5.43. The molecule has 0 fully saturated rings. The minimum atomic E-state index is 0.903. The van der Waals surface area contributed by atoms with E-state index in [1.165, 1.54) is 0 Å². The van der Waals surface area contributed by atoms with E-state index in [2.05, 4.69) is 20.9 Å². The molecule has 0 amide bonds. The zero-order valence-electron chi connectivity index (χ0n) is 7.30. The molecule has 2 nitrogen and oxygen atoms in total. The molecule has 0 radical (unpaired) electrons. The highest BCUT2D eigenvalue weighted by Gasteiger charge is 2.09. The van der Waals surface area contributed by atoms with E-state index in [4.69, 9.17) is 4.42 Å². The van der Waals surface area contributed by atoms with Crippen molar-refractivity contribution in [1.29, 1.82) is 0 Å². The van der Waals surface area contributed by atoms with E-state index in [9.17, 15) is 0 Å². The van der Waals surface area contributed by atoms with Gasteiger partial charge in [0, 0.05) is 10.9 Å². The third-order valence-corrected chi connectivity index (χ3v) is 3.16. The molecule has 2 aromatic heterocycles. The molecule has 2 rings (SSSR count). The molecule has 2 aromatic rings. The van der Waals surface area contributed by atoms with Gasteiger partial charge in [0.05, 0.1) is 5.69 Å². The van der Waals surface area contributed by atoms with E-state index >= 15 is 0 Å². The SMILES string of the molecule is Cc1cc(-c2csc(Br)n2)c(C)o1. The lowest BCUT2D eigenvalue weighted by atomic mass is 10.2. The van der Waals surface area contributed by atoms with Crippen LogP contribution in [0.15, 0.2) is 19.8 Å². The second-order valence-electron chi connectivity index (χ2n) is 2.81. The Balaban J connectivity index is 2.51. The smallest absolute Gasteiger partial charge is 0.159 e. The van der Waals surface area contributed by atoms with Crippen LogP contribution in [0, 0.1) is 13.8 Å². The molecule has 0 atom stereocenters. The van der Waals surface area contributed by atoms with Gasteiger partial charge in [0.1, 0.15) is 11.5 Å². The number of hydrogen-bond acceptors (Lipinski definition) is 3. The van der Waals surface area contributed by atoms with Crippen molar-refractivity contribution in [2.45, 2.75) is 13.8 Å². The van der Waals surface area contributed by atoms with E-state index in [0.29, 0.717) is 0 Å². The standard InChI is InChI=1S/C9H8BrNOS/c1-5-3-7(6(2)12-5)8-4-13-9(10)11-8/h3-4H,1-2H3. The minimum Gasteiger partial charge on any atom is -0.466 e. The van der Waals surface area contributed by atoms with Crippen LogP contribution in [0.4, 0.5) is 0 Å². The number of aromatic nitrogens is 1. The van der Waals surface area contributed by atoms with Gasteiger partial charge in [0.15, 0.2) is 3.92 Å². The van der Waals surface area contributed by atoms with Gasteiger partial charge in [-0.15, -0.1) is 11.3 Å². The van der Waals surface area contributed by atoms with Crippen molar-refractivity contribution < 1.29 is 4.42 Å². The van der Waals surface area contributed by atoms with Crippen LogP contribution in [0.5, 0.6) is 0 Å². The lowest BCUT2D eigenvalue weighted by molar-refractivity contribution is 0.505. The Kier molecular flexibility index (Phi) is 2.26. The normalized spacial score (nSPS) is 10.7. The van der Waals surface area contributed by atoms with Crippen LogP contribution in [0.3, 0.4) is 0 Å². The van der Waals surface area contributed by atoms with Crippen LogP contribution in [-0.2, 0) is 0 Å². The second kappa shape index (κ2) is 3.27. The fraction of sp³-hybridized carbons (Fsp3) is 0.222. The molecule has 0 aliphatic heterocycles. The summed E-state index contributed by atoms with van der Waals surface area (Å²) in [4.78, 5) is 4.33. The second-order valence-corrected chi connectivity index (χ2v) is 4.95. The largest absolute Gasteiger partial charge is 0.466 e. The summed E-state index contributed by atoms with van der Waals surface area (Å²) in [7, 11) is 0. The zero-order valence-corrected chi connectivity index (χ0v) is 9.70. The first-order valence-electron chi connectivity index (χ1n) is 3.85. The lowest BCUT2D eigenvalue weighted by Gasteiger charge is -1.89. The van der Waals surface area contributed by atoms with Gasteiger partial charge in [-0.05, 0) is 35.8 Å². The minimum absolute atomic E-state index is 0.903. The predicted octanol–water partition coefficient (Wildman–Crippen LogP) is 3.78. The highest BCUT2D eigenvalue weighted by molar-refractivity contribution is 9.11. The molecule has 0 unspecified atom stereocenters. The number of nitrogens with zero attached hydrogens (tertiary/aromatic N) is 1. The molecule has 68 valence electrons. The monoisotopic (exact) mass is 257 g/mol. The molecule has 0 aliphatic rings. The Morgan fingerprint density at radius 3 is 2.69 bits per heavy atom. The Labute approximate surface area is 88.7 Å².